The number of rotatable bonds is 8. The van der Waals surface area contributed by atoms with E-state index in [1.807, 2.05) is 0 Å². The third-order valence-corrected chi connectivity index (χ3v) is 1.99. The van der Waals surface area contributed by atoms with Gasteiger partial charge in [0.2, 0.25) is 5.91 Å². The van der Waals surface area contributed by atoms with Crippen LogP contribution in [0.25, 0.3) is 0 Å². The van der Waals surface area contributed by atoms with E-state index in [1.165, 1.54) is 0 Å². The van der Waals surface area contributed by atoms with Crippen LogP contribution in [0.4, 0.5) is 4.79 Å². The van der Waals surface area contributed by atoms with Gasteiger partial charge in [-0.2, -0.15) is 0 Å². The van der Waals surface area contributed by atoms with Gasteiger partial charge >= 0.3 is 6.03 Å². The van der Waals surface area contributed by atoms with Gasteiger partial charge in [-0.3, -0.25) is 4.79 Å². The molecule has 0 aliphatic carbocycles. The lowest BCUT2D eigenvalue weighted by Gasteiger charge is -2.14. The molecule has 0 aliphatic rings. The molecular weight excluding hydrogens is 212 g/mol. The Kier molecular flexibility index (Phi) is 7.78. The SMILES string of the molecule is CNC(CCCNC(N)=O)C(=O)NCC=O. The van der Waals surface area contributed by atoms with Crippen molar-refractivity contribution in [2.45, 2.75) is 18.9 Å². The molecule has 0 radical (unpaired) electrons. The number of urea groups is 1. The molecule has 0 saturated heterocycles. The van der Waals surface area contributed by atoms with Gasteiger partial charge in [0.1, 0.15) is 6.29 Å². The molecule has 7 nitrogen and oxygen atoms in total. The summed E-state index contributed by atoms with van der Waals surface area (Å²) in [5, 5.41) is 7.71. The Bertz CT molecular complexity index is 245. The summed E-state index contributed by atoms with van der Waals surface area (Å²) in [5.74, 6) is -0.228. The van der Waals surface area contributed by atoms with Gasteiger partial charge in [-0.25, -0.2) is 4.79 Å². The van der Waals surface area contributed by atoms with E-state index in [1.54, 1.807) is 7.05 Å². The normalized spacial score (nSPS) is 11.6. The monoisotopic (exact) mass is 230 g/mol. The molecule has 7 heteroatoms. The van der Waals surface area contributed by atoms with Crippen molar-refractivity contribution in [2.24, 2.45) is 5.73 Å². The highest BCUT2D eigenvalue weighted by Crippen LogP contribution is 1.95. The quantitative estimate of drug-likeness (QED) is 0.295. The summed E-state index contributed by atoms with van der Waals surface area (Å²) < 4.78 is 0. The van der Waals surface area contributed by atoms with Gasteiger partial charge in [0.05, 0.1) is 12.6 Å². The Morgan fingerprint density at radius 1 is 1.38 bits per heavy atom. The Morgan fingerprint density at radius 3 is 2.56 bits per heavy atom. The number of likely N-dealkylation sites (N-methyl/N-ethyl adjacent to an activating group) is 1. The Balaban J connectivity index is 3.77. The topological polar surface area (TPSA) is 113 Å². The van der Waals surface area contributed by atoms with Gasteiger partial charge in [-0.15, -0.1) is 0 Å². The van der Waals surface area contributed by atoms with E-state index >= 15 is 0 Å². The molecule has 92 valence electrons. The number of nitrogens with two attached hydrogens (primary N) is 1. The van der Waals surface area contributed by atoms with E-state index in [9.17, 15) is 14.4 Å². The molecule has 0 aromatic rings. The number of nitrogens with one attached hydrogen (secondary N) is 3. The first-order valence-corrected chi connectivity index (χ1v) is 5.03. The van der Waals surface area contributed by atoms with Gasteiger partial charge < -0.3 is 26.5 Å². The summed E-state index contributed by atoms with van der Waals surface area (Å²) in [7, 11) is 1.66. The van der Waals surface area contributed by atoms with Crippen molar-refractivity contribution in [3.63, 3.8) is 0 Å². The van der Waals surface area contributed by atoms with Crippen LogP contribution < -0.4 is 21.7 Å². The number of hydrogen-bond acceptors (Lipinski definition) is 4. The molecule has 0 aromatic heterocycles. The molecule has 0 aromatic carbocycles. The van der Waals surface area contributed by atoms with Crippen molar-refractivity contribution in [1.29, 1.82) is 0 Å². The molecule has 0 bridgehead atoms. The van der Waals surface area contributed by atoms with Crippen molar-refractivity contribution in [2.75, 3.05) is 20.1 Å². The number of carbonyl (C=O) groups excluding carboxylic acids is 3. The smallest absolute Gasteiger partial charge is 0.312 e. The highest BCUT2D eigenvalue weighted by atomic mass is 16.2. The second kappa shape index (κ2) is 8.66. The molecule has 0 saturated carbocycles. The van der Waals surface area contributed by atoms with Crippen LogP contribution in [-0.4, -0.2) is 44.4 Å². The van der Waals surface area contributed by atoms with Crippen molar-refractivity contribution in [3.8, 4) is 0 Å². The van der Waals surface area contributed by atoms with Crippen molar-refractivity contribution in [3.05, 3.63) is 0 Å². The molecule has 0 fully saturated rings. The second-order valence-electron chi connectivity index (χ2n) is 3.19. The standard InChI is InChI=1S/C9H18N4O3/c1-11-7(8(15)12-5-6-14)3-2-4-13-9(10)16/h6-7,11H,2-5H2,1H3,(H,12,15)(H3,10,13,16). The minimum Gasteiger partial charge on any atom is -0.352 e. The second-order valence-corrected chi connectivity index (χ2v) is 3.19. The minimum atomic E-state index is -0.577. The zero-order valence-electron chi connectivity index (χ0n) is 9.29. The van der Waals surface area contributed by atoms with Gasteiger partial charge in [0, 0.05) is 6.54 Å². The third kappa shape index (κ3) is 6.77. The number of hydrogen-bond donors (Lipinski definition) is 4. The summed E-state index contributed by atoms with van der Waals surface area (Å²) >= 11 is 0. The number of amides is 3. The summed E-state index contributed by atoms with van der Waals surface area (Å²) in [4.78, 5) is 31.8. The van der Waals surface area contributed by atoms with E-state index in [0.29, 0.717) is 25.7 Å². The lowest BCUT2D eigenvalue weighted by molar-refractivity contribution is -0.124. The molecule has 3 amide bonds. The fourth-order valence-electron chi connectivity index (χ4n) is 1.19. The molecule has 5 N–H and O–H groups in total. The van der Waals surface area contributed by atoms with E-state index < -0.39 is 6.03 Å². The summed E-state index contributed by atoms with van der Waals surface area (Å²) in [5.41, 5.74) is 4.88. The first-order chi connectivity index (χ1) is 7.61. The van der Waals surface area contributed by atoms with Gasteiger partial charge in [-0.1, -0.05) is 0 Å². The first-order valence-electron chi connectivity index (χ1n) is 5.03. The Labute approximate surface area is 94.1 Å². The minimum absolute atomic E-state index is 0.0105. The predicted molar refractivity (Wildman–Crippen MR) is 58.7 cm³/mol. The zero-order valence-corrected chi connectivity index (χ0v) is 9.29. The fraction of sp³-hybridized carbons (Fsp3) is 0.667. The number of primary amides is 1. The van der Waals surface area contributed by atoms with Crippen LogP contribution in [-0.2, 0) is 9.59 Å². The zero-order chi connectivity index (χ0) is 12.4. The predicted octanol–water partition coefficient (Wildman–Crippen LogP) is -1.66. The molecule has 0 rings (SSSR count). The van der Waals surface area contributed by atoms with E-state index in [2.05, 4.69) is 16.0 Å². The third-order valence-electron chi connectivity index (χ3n) is 1.99. The summed E-state index contributed by atoms with van der Waals surface area (Å²) in [6.07, 6.45) is 1.81. The van der Waals surface area contributed by atoms with Crippen molar-refractivity contribution in [1.82, 2.24) is 16.0 Å². The van der Waals surface area contributed by atoms with Crippen LogP contribution in [0.1, 0.15) is 12.8 Å². The Hall–Kier alpha value is -1.63. The molecule has 1 atom stereocenters. The maximum Gasteiger partial charge on any atom is 0.312 e. The highest BCUT2D eigenvalue weighted by molar-refractivity contribution is 5.83. The van der Waals surface area contributed by atoms with Gasteiger partial charge in [0.25, 0.3) is 0 Å². The first kappa shape index (κ1) is 14.4. The van der Waals surface area contributed by atoms with Crippen LogP contribution in [0.2, 0.25) is 0 Å². The van der Waals surface area contributed by atoms with Crippen molar-refractivity contribution >= 4 is 18.2 Å². The lowest BCUT2D eigenvalue weighted by atomic mass is 10.1. The summed E-state index contributed by atoms with van der Waals surface area (Å²) in [6, 6.07) is -0.943. The average molecular weight is 230 g/mol. The molecule has 1 unspecified atom stereocenters. The highest BCUT2D eigenvalue weighted by Gasteiger charge is 2.14. The van der Waals surface area contributed by atoms with Crippen LogP contribution in [0.3, 0.4) is 0 Å². The maximum atomic E-state index is 11.4. The van der Waals surface area contributed by atoms with Crippen molar-refractivity contribution < 1.29 is 14.4 Å². The van der Waals surface area contributed by atoms with Gasteiger partial charge in [-0.05, 0) is 19.9 Å². The Morgan fingerprint density at radius 2 is 2.06 bits per heavy atom. The largest absolute Gasteiger partial charge is 0.352 e. The van der Waals surface area contributed by atoms with Gasteiger partial charge in [0.15, 0.2) is 0 Å². The fourth-order valence-corrected chi connectivity index (χ4v) is 1.19. The van der Waals surface area contributed by atoms with E-state index in [0.717, 1.165) is 0 Å². The van der Waals surface area contributed by atoms with E-state index in [-0.39, 0.29) is 18.5 Å². The van der Waals surface area contributed by atoms with Crippen LogP contribution >= 0.6 is 0 Å². The molecule has 16 heavy (non-hydrogen) atoms. The number of aldehydes is 1. The van der Waals surface area contributed by atoms with Crippen LogP contribution in [0.5, 0.6) is 0 Å². The average Bonchev–Trinajstić information content (AvgIpc) is 2.25. The number of carbonyl (C=O) groups is 3. The molecule has 0 heterocycles. The maximum absolute atomic E-state index is 11.4. The van der Waals surface area contributed by atoms with E-state index in [4.69, 9.17) is 5.73 Å². The lowest BCUT2D eigenvalue weighted by Crippen LogP contribution is -2.43. The van der Waals surface area contributed by atoms with Crippen LogP contribution in [0, 0.1) is 0 Å². The molecule has 0 aliphatic heterocycles. The summed E-state index contributed by atoms with van der Waals surface area (Å²) in [6.45, 7) is 0.436. The molecule has 0 spiro atoms. The van der Waals surface area contributed by atoms with Crippen LogP contribution in [0.15, 0.2) is 0 Å². The molecular formula is C9H18N4O3.